The van der Waals surface area contributed by atoms with Gasteiger partial charge in [-0.1, -0.05) is 30.3 Å². The summed E-state index contributed by atoms with van der Waals surface area (Å²) in [7, 11) is 1.64. The first-order valence-electron chi connectivity index (χ1n) is 6.74. The quantitative estimate of drug-likeness (QED) is 0.840. The van der Waals surface area contributed by atoms with Gasteiger partial charge in [-0.15, -0.1) is 0 Å². The molecule has 4 heteroatoms. The highest BCUT2D eigenvalue weighted by Gasteiger charge is 2.32. The van der Waals surface area contributed by atoms with Gasteiger partial charge in [0, 0.05) is 13.2 Å². The molecule has 2 atom stereocenters. The largest absolute Gasteiger partial charge is 0.444 e. The van der Waals surface area contributed by atoms with Crippen molar-refractivity contribution in [1.82, 2.24) is 4.90 Å². The summed E-state index contributed by atoms with van der Waals surface area (Å²) in [6.07, 6.45) is 2.51. The Morgan fingerprint density at radius 1 is 1.32 bits per heavy atom. The number of ether oxygens (including phenoxy) is 2. The van der Waals surface area contributed by atoms with Gasteiger partial charge in [-0.25, -0.2) is 4.79 Å². The van der Waals surface area contributed by atoms with Crippen LogP contribution in [0.1, 0.15) is 31.7 Å². The Labute approximate surface area is 114 Å². The summed E-state index contributed by atoms with van der Waals surface area (Å²) in [5.41, 5.74) is 0.995. The number of benzene rings is 1. The van der Waals surface area contributed by atoms with Crippen LogP contribution in [0.5, 0.6) is 0 Å². The Bertz CT molecular complexity index is 407. The number of carbonyl (C=O) groups excluding carboxylic acids is 1. The third kappa shape index (κ3) is 3.47. The maximum absolute atomic E-state index is 12.2. The summed E-state index contributed by atoms with van der Waals surface area (Å²) in [6, 6.07) is 9.87. The van der Waals surface area contributed by atoms with Crippen LogP contribution in [0.25, 0.3) is 0 Å². The second-order valence-corrected chi connectivity index (χ2v) is 4.92. The van der Waals surface area contributed by atoms with Crippen molar-refractivity contribution in [2.45, 2.75) is 45.1 Å². The van der Waals surface area contributed by atoms with Gasteiger partial charge in [0.05, 0.1) is 0 Å². The van der Waals surface area contributed by atoms with Gasteiger partial charge in [0.1, 0.15) is 12.8 Å². The Morgan fingerprint density at radius 2 is 2.05 bits per heavy atom. The number of amides is 1. The van der Waals surface area contributed by atoms with E-state index in [0.717, 1.165) is 24.8 Å². The van der Waals surface area contributed by atoms with Crippen LogP contribution in [0.3, 0.4) is 0 Å². The minimum absolute atomic E-state index is 0.160. The van der Waals surface area contributed by atoms with E-state index in [4.69, 9.17) is 9.47 Å². The fraction of sp³-hybridized carbons (Fsp3) is 0.533. The third-order valence-electron chi connectivity index (χ3n) is 3.55. The molecule has 104 valence electrons. The summed E-state index contributed by atoms with van der Waals surface area (Å²) in [4.78, 5) is 13.9. The predicted octanol–water partition coefficient (Wildman–Crippen LogP) is 3.17. The molecule has 0 spiro atoms. The van der Waals surface area contributed by atoms with Crippen molar-refractivity contribution in [3.8, 4) is 0 Å². The van der Waals surface area contributed by atoms with Crippen LogP contribution in [-0.2, 0) is 16.1 Å². The van der Waals surface area contributed by atoms with Gasteiger partial charge < -0.3 is 9.47 Å². The van der Waals surface area contributed by atoms with E-state index in [-0.39, 0.29) is 18.4 Å². The second-order valence-electron chi connectivity index (χ2n) is 4.92. The first-order valence-corrected chi connectivity index (χ1v) is 6.74. The summed E-state index contributed by atoms with van der Waals surface area (Å²) in [6.45, 7) is 2.34. The van der Waals surface area contributed by atoms with Gasteiger partial charge >= 0.3 is 6.09 Å². The fourth-order valence-corrected chi connectivity index (χ4v) is 2.47. The normalized spacial score (nSPS) is 23.2. The van der Waals surface area contributed by atoms with Crippen LogP contribution in [0.15, 0.2) is 30.3 Å². The monoisotopic (exact) mass is 263 g/mol. The lowest BCUT2D eigenvalue weighted by molar-refractivity contribution is -0.0698. The summed E-state index contributed by atoms with van der Waals surface area (Å²) in [5.74, 6) is 0. The number of rotatable bonds is 3. The molecule has 0 bridgehead atoms. The highest BCUT2D eigenvalue weighted by atomic mass is 16.6. The second kappa shape index (κ2) is 6.57. The molecular formula is C15H21NO3. The van der Waals surface area contributed by atoms with E-state index in [9.17, 15) is 4.79 Å². The van der Waals surface area contributed by atoms with E-state index in [1.807, 2.05) is 37.3 Å². The molecular weight excluding hydrogens is 242 g/mol. The molecule has 0 aliphatic carbocycles. The SMILES string of the molecule is COC1CCCC(C)N1C(=O)OCc1ccccc1. The van der Waals surface area contributed by atoms with Crippen LogP contribution in [0, 0.1) is 0 Å². The Hall–Kier alpha value is -1.55. The highest BCUT2D eigenvalue weighted by molar-refractivity contribution is 5.68. The van der Waals surface area contributed by atoms with Gasteiger partial charge in [-0.05, 0) is 31.7 Å². The zero-order valence-corrected chi connectivity index (χ0v) is 11.5. The fourth-order valence-electron chi connectivity index (χ4n) is 2.47. The van der Waals surface area contributed by atoms with Crippen LogP contribution in [0.2, 0.25) is 0 Å². The van der Waals surface area contributed by atoms with E-state index >= 15 is 0 Å². The standard InChI is InChI=1S/C15H21NO3/c1-12-7-6-10-14(18-2)16(12)15(17)19-11-13-8-4-3-5-9-13/h3-5,8-9,12,14H,6-7,10-11H2,1-2H3. The smallest absolute Gasteiger partial charge is 0.412 e. The highest BCUT2D eigenvalue weighted by Crippen LogP contribution is 2.24. The molecule has 19 heavy (non-hydrogen) atoms. The van der Waals surface area contributed by atoms with Crippen molar-refractivity contribution in [1.29, 1.82) is 0 Å². The number of piperidine rings is 1. The van der Waals surface area contributed by atoms with Gasteiger partial charge in [0.15, 0.2) is 0 Å². The lowest BCUT2D eigenvalue weighted by Crippen LogP contribution is -2.49. The molecule has 1 heterocycles. The molecule has 1 amide bonds. The molecule has 2 unspecified atom stereocenters. The molecule has 4 nitrogen and oxygen atoms in total. The summed E-state index contributed by atoms with van der Waals surface area (Å²) >= 11 is 0. The average molecular weight is 263 g/mol. The van der Waals surface area contributed by atoms with Crippen molar-refractivity contribution >= 4 is 6.09 Å². The third-order valence-corrected chi connectivity index (χ3v) is 3.55. The summed E-state index contributed by atoms with van der Waals surface area (Å²) < 4.78 is 10.7. The lowest BCUT2D eigenvalue weighted by Gasteiger charge is -2.38. The Balaban J connectivity index is 1.94. The zero-order chi connectivity index (χ0) is 13.7. The summed E-state index contributed by atoms with van der Waals surface area (Å²) in [5, 5.41) is 0. The Morgan fingerprint density at radius 3 is 2.74 bits per heavy atom. The molecule has 1 aromatic rings. The number of methoxy groups -OCH3 is 1. The molecule has 1 aliphatic heterocycles. The number of hydrogen-bond donors (Lipinski definition) is 0. The minimum Gasteiger partial charge on any atom is -0.444 e. The minimum atomic E-state index is -0.289. The van der Waals surface area contributed by atoms with Crippen LogP contribution < -0.4 is 0 Å². The van der Waals surface area contributed by atoms with E-state index < -0.39 is 0 Å². The predicted molar refractivity (Wildman–Crippen MR) is 72.6 cm³/mol. The molecule has 0 radical (unpaired) electrons. The number of likely N-dealkylation sites (tertiary alicyclic amines) is 1. The first-order chi connectivity index (χ1) is 9.22. The first kappa shape index (κ1) is 13.9. The maximum atomic E-state index is 12.2. The molecule has 1 aliphatic rings. The number of hydrogen-bond acceptors (Lipinski definition) is 3. The number of carbonyl (C=O) groups is 1. The molecule has 0 saturated carbocycles. The lowest BCUT2D eigenvalue weighted by atomic mass is 10.0. The average Bonchev–Trinajstić information content (AvgIpc) is 2.45. The number of nitrogens with zero attached hydrogens (tertiary/aromatic N) is 1. The van der Waals surface area contributed by atoms with Crippen molar-refractivity contribution in [3.05, 3.63) is 35.9 Å². The van der Waals surface area contributed by atoms with Crippen molar-refractivity contribution < 1.29 is 14.3 Å². The van der Waals surface area contributed by atoms with Gasteiger partial charge in [-0.2, -0.15) is 0 Å². The Kier molecular flexibility index (Phi) is 4.80. The molecule has 1 fully saturated rings. The van der Waals surface area contributed by atoms with Crippen LogP contribution in [-0.4, -0.2) is 30.4 Å². The van der Waals surface area contributed by atoms with Crippen molar-refractivity contribution in [2.24, 2.45) is 0 Å². The van der Waals surface area contributed by atoms with E-state index in [1.54, 1.807) is 12.0 Å². The topological polar surface area (TPSA) is 38.8 Å². The van der Waals surface area contributed by atoms with Crippen LogP contribution in [0.4, 0.5) is 4.79 Å². The van der Waals surface area contributed by atoms with E-state index in [2.05, 4.69) is 0 Å². The van der Waals surface area contributed by atoms with E-state index in [1.165, 1.54) is 0 Å². The van der Waals surface area contributed by atoms with Crippen LogP contribution >= 0.6 is 0 Å². The maximum Gasteiger partial charge on any atom is 0.412 e. The van der Waals surface area contributed by atoms with Crippen molar-refractivity contribution in [2.75, 3.05) is 7.11 Å². The molecule has 1 aromatic carbocycles. The zero-order valence-electron chi connectivity index (χ0n) is 11.5. The molecule has 1 saturated heterocycles. The van der Waals surface area contributed by atoms with Gasteiger partial charge in [-0.3, -0.25) is 4.90 Å². The molecule has 2 rings (SSSR count). The van der Waals surface area contributed by atoms with Crippen molar-refractivity contribution in [3.63, 3.8) is 0 Å². The van der Waals surface area contributed by atoms with E-state index in [0.29, 0.717) is 6.61 Å². The molecule has 0 N–H and O–H groups in total. The molecule has 0 aromatic heterocycles. The van der Waals surface area contributed by atoms with Gasteiger partial charge in [0.25, 0.3) is 0 Å². The van der Waals surface area contributed by atoms with Gasteiger partial charge in [0.2, 0.25) is 0 Å².